The number of aromatic nitrogens is 4. The normalized spacial score (nSPS) is 11.9. The summed E-state index contributed by atoms with van der Waals surface area (Å²) in [6.07, 6.45) is 6.55. The van der Waals surface area contributed by atoms with Gasteiger partial charge in [-0.05, 0) is 18.1 Å². The molecule has 0 aliphatic heterocycles. The molecule has 7 heteroatoms. The summed E-state index contributed by atoms with van der Waals surface area (Å²) in [7, 11) is 3.86. The lowest BCUT2D eigenvalue weighted by Gasteiger charge is -2.21. The number of hydrogen-bond acceptors (Lipinski definition) is 6. The first kappa shape index (κ1) is 16.6. The van der Waals surface area contributed by atoms with Gasteiger partial charge in [0.15, 0.2) is 0 Å². The Morgan fingerprint density at radius 1 is 1.32 bits per heavy atom. The summed E-state index contributed by atoms with van der Waals surface area (Å²) in [4.78, 5) is 26.0. The van der Waals surface area contributed by atoms with Crippen LogP contribution in [0.1, 0.15) is 24.1 Å². The lowest BCUT2D eigenvalue weighted by molar-refractivity contribution is -0.108. The molecule has 0 radical (unpaired) electrons. The molecule has 0 aromatic carbocycles. The van der Waals surface area contributed by atoms with Gasteiger partial charge in [-0.1, -0.05) is 6.92 Å². The Hall–Kier alpha value is -3.27. The van der Waals surface area contributed by atoms with E-state index in [-0.39, 0.29) is 0 Å². The minimum Gasteiger partial charge on any atom is -0.334 e. The van der Waals surface area contributed by atoms with Crippen molar-refractivity contribution in [3.63, 3.8) is 0 Å². The van der Waals surface area contributed by atoms with E-state index < -0.39 is 5.92 Å². The zero-order chi connectivity index (χ0) is 18.0. The van der Waals surface area contributed by atoms with E-state index in [1.165, 1.54) is 0 Å². The van der Waals surface area contributed by atoms with Crippen LogP contribution in [0.4, 0.5) is 11.5 Å². The molecule has 3 heterocycles. The minimum atomic E-state index is -0.839. The number of nitrogens with zero attached hydrogens (tertiary/aromatic N) is 6. The number of nitriles is 1. The van der Waals surface area contributed by atoms with Gasteiger partial charge < -0.3 is 14.3 Å². The van der Waals surface area contributed by atoms with Crippen LogP contribution >= 0.6 is 0 Å². The third-order valence-corrected chi connectivity index (χ3v) is 4.26. The Balaban J connectivity index is 2.03. The number of rotatable bonds is 5. The highest BCUT2D eigenvalue weighted by Gasteiger charge is 2.16. The summed E-state index contributed by atoms with van der Waals surface area (Å²) in [5.41, 5.74) is 4.20. The van der Waals surface area contributed by atoms with Crippen LogP contribution in [0.15, 0.2) is 30.9 Å². The average Bonchev–Trinajstić information content (AvgIpc) is 3.02. The van der Waals surface area contributed by atoms with Gasteiger partial charge in [-0.2, -0.15) is 5.26 Å². The Labute approximate surface area is 145 Å². The lowest BCUT2D eigenvalue weighted by Crippen LogP contribution is -2.14. The second kappa shape index (κ2) is 6.69. The van der Waals surface area contributed by atoms with Crippen molar-refractivity contribution in [2.24, 2.45) is 7.05 Å². The number of carbonyl (C=O) groups is 1. The van der Waals surface area contributed by atoms with E-state index in [1.807, 2.05) is 48.7 Å². The Morgan fingerprint density at radius 3 is 2.80 bits per heavy atom. The maximum Gasteiger partial charge on any atom is 0.144 e. The molecule has 1 atom stereocenters. The second-order valence-corrected chi connectivity index (χ2v) is 5.78. The Bertz CT molecular complexity index is 971. The molecule has 0 amide bonds. The van der Waals surface area contributed by atoms with Crippen molar-refractivity contribution >= 4 is 28.8 Å². The summed E-state index contributed by atoms with van der Waals surface area (Å²) in [6, 6.07) is 5.74. The zero-order valence-corrected chi connectivity index (χ0v) is 14.3. The number of anilines is 2. The summed E-state index contributed by atoms with van der Waals surface area (Å²) in [5, 5.41) is 9.06. The van der Waals surface area contributed by atoms with Crippen LogP contribution in [-0.2, 0) is 18.3 Å². The second-order valence-electron chi connectivity index (χ2n) is 5.78. The van der Waals surface area contributed by atoms with Gasteiger partial charge in [0, 0.05) is 20.2 Å². The molecule has 126 valence electrons. The highest BCUT2D eigenvalue weighted by Crippen LogP contribution is 2.28. The molecule has 0 saturated heterocycles. The fraction of sp³-hybridized carbons (Fsp3) is 0.278. The van der Waals surface area contributed by atoms with Gasteiger partial charge >= 0.3 is 0 Å². The van der Waals surface area contributed by atoms with Gasteiger partial charge in [0.2, 0.25) is 0 Å². The number of pyridine rings is 2. The first-order chi connectivity index (χ1) is 12.1. The number of imidazole rings is 1. The molecule has 1 unspecified atom stereocenters. The van der Waals surface area contributed by atoms with Crippen LogP contribution in [0.2, 0.25) is 0 Å². The van der Waals surface area contributed by atoms with Crippen molar-refractivity contribution < 1.29 is 4.79 Å². The van der Waals surface area contributed by atoms with Crippen LogP contribution < -0.4 is 4.90 Å². The topological polar surface area (TPSA) is 87.7 Å². The van der Waals surface area contributed by atoms with Crippen LogP contribution in [0.3, 0.4) is 0 Å². The highest BCUT2D eigenvalue weighted by atomic mass is 16.1. The van der Waals surface area contributed by atoms with Crippen LogP contribution in [0, 0.1) is 11.3 Å². The highest BCUT2D eigenvalue weighted by molar-refractivity contribution is 5.79. The third kappa shape index (κ3) is 2.94. The van der Waals surface area contributed by atoms with Crippen molar-refractivity contribution in [2.45, 2.75) is 19.3 Å². The maximum atomic E-state index is 11.0. The molecule has 25 heavy (non-hydrogen) atoms. The molecule has 0 fully saturated rings. The fourth-order valence-corrected chi connectivity index (χ4v) is 2.76. The molecular weight excluding hydrogens is 316 g/mol. The third-order valence-electron chi connectivity index (χ3n) is 4.26. The zero-order valence-electron chi connectivity index (χ0n) is 14.3. The van der Waals surface area contributed by atoms with Crippen molar-refractivity contribution in [1.29, 1.82) is 5.26 Å². The van der Waals surface area contributed by atoms with E-state index in [9.17, 15) is 4.79 Å². The summed E-state index contributed by atoms with van der Waals surface area (Å²) >= 11 is 0. The Kier molecular flexibility index (Phi) is 4.44. The molecule has 3 rings (SSSR count). The number of carbonyl (C=O) groups excluding carboxylic acids is 1. The largest absolute Gasteiger partial charge is 0.334 e. The molecule has 3 aromatic rings. The van der Waals surface area contributed by atoms with Gasteiger partial charge in [0.25, 0.3) is 0 Å². The van der Waals surface area contributed by atoms with Crippen LogP contribution in [0.5, 0.6) is 0 Å². The van der Waals surface area contributed by atoms with E-state index in [0.717, 1.165) is 34.5 Å². The quantitative estimate of drug-likeness (QED) is 0.666. The predicted octanol–water partition coefficient (Wildman–Crippen LogP) is 2.50. The lowest BCUT2D eigenvalue weighted by atomic mass is 10.0. The molecule has 0 N–H and O–H groups in total. The fourth-order valence-electron chi connectivity index (χ4n) is 2.76. The minimum absolute atomic E-state index is 0.474. The maximum absolute atomic E-state index is 11.0. The predicted molar refractivity (Wildman–Crippen MR) is 94.6 cm³/mol. The van der Waals surface area contributed by atoms with Crippen LogP contribution in [-0.4, -0.2) is 32.9 Å². The molecule has 7 nitrogen and oxygen atoms in total. The molecule has 0 saturated carbocycles. The monoisotopic (exact) mass is 334 g/mol. The standard InChI is InChI=1S/C18H18N6O/c1-4-12-5-14(13(7-19)10-25)20-9-17(12)24(3)18-6-16-15(8-21-18)22-11-23(16)2/h5-6,8-11,13H,4H2,1-3H3. The molecule has 3 aromatic heterocycles. The van der Waals surface area contributed by atoms with E-state index in [4.69, 9.17) is 5.26 Å². The SMILES string of the molecule is CCc1cc(C(C#N)C=O)ncc1N(C)c1cc2c(cn1)ncn2C. The molecule has 0 bridgehead atoms. The Morgan fingerprint density at radius 2 is 2.12 bits per heavy atom. The van der Waals surface area contributed by atoms with Crippen molar-refractivity contribution in [1.82, 2.24) is 19.5 Å². The number of aryl methyl sites for hydroxylation is 2. The number of aldehydes is 1. The molecule has 0 aliphatic carbocycles. The molecule has 0 spiro atoms. The average molecular weight is 334 g/mol. The van der Waals surface area contributed by atoms with Gasteiger partial charge in [0.1, 0.15) is 23.5 Å². The van der Waals surface area contributed by atoms with Gasteiger partial charge in [-0.15, -0.1) is 0 Å². The van der Waals surface area contributed by atoms with E-state index in [2.05, 4.69) is 15.0 Å². The first-order valence-corrected chi connectivity index (χ1v) is 7.93. The van der Waals surface area contributed by atoms with Crippen molar-refractivity contribution in [3.8, 4) is 6.07 Å². The van der Waals surface area contributed by atoms with E-state index >= 15 is 0 Å². The van der Waals surface area contributed by atoms with E-state index in [0.29, 0.717) is 12.0 Å². The van der Waals surface area contributed by atoms with E-state index in [1.54, 1.807) is 18.7 Å². The molecular formula is C18H18N6O. The van der Waals surface area contributed by atoms with Crippen molar-refractivity contribution in [3.05, 3.63) is 42.1 Å². The summed E-state index contributed by atoms with van der Waals surface area (Å²) in [6.45, 7) is 2.02. The smallest absolute Gasteiger partial charge is 0.144 e. The number of fused-ring (bicyclic) bond motifs is 1. The number of hydrogen-bond donors (Lipinski definition) is 0. The van der Waals surface area contributed by atoms with Gasteiger partial charge in [-0.3, -0.25) is 4.98 Å². The summed E-state index contributed by atoms with van der Waals surface area (Å²) in [5.74, 6) is -0.0684. The van der Waals surface area contributed by atoms with Gasteiger partial charge in [-0.25, -0.2) is 9.97 Å². The van der Waals surface area contributed by atoms with Crippen molar-refractivity contribution in [2.75, 3.05) is 11.9 Å². The van der Waals surface area contributed by atoms with Gasteiger partial charge in [0.05, 0.1) is 41.7 Å². The van der Waals surface area contributed by atoms with Crippen LogP contribution in [0.25, 0.3) is 11.0 Å². The first-order valence-electron chi connectivity index (χ1n) is 7.93. The molecule has 0 aliphatic rings. The summed E-state index contributed by atoms with van der Waals surface area (Å²) < 4.78 is 1.94.